The second-order valence-corrected chi connectivity index (χ2v) is 27.0. The Kier molecular flexibility index (Phi) is 48.6. The van der Waals surface area contributed by atoms with E-state index in [0.717, 1.165) is 7.11 Å². The second-order valence-electron chi connectivity index (χ2n) is 27.0. The maximum atomic E-state index is 13.6. The van der Waals surface area contributed by atoms with E-state index in [-0.39, 0.29) is 172 Å². The predicted molar refractivity (Wildman–Crippen MR) is 375 cm³/mol. The van der Waals surface area contributed by atoms with Gasteiger partial charge in [0.25, 0.3) is 0 Å². The van der Waals surface area contributed by atoms with Gasteiger partial charge in [-0.25, -0.2) is 4.79 Å². The van der Waals surface area contributed by atoms with Crippen LogP contribution in [0.1, 0.15) is 175 Å². The van der Waals surface area contributed by atoms with Crippen molar-refractivity contribution in [3.05, 3.63) is 0 Å². The van der Waals surface area contributed by atoms with Gasteiger partial charge in [0.1, 0.15) is 102 Å². The van der Waals surface area contributed by atoms with Crippen molar-refractivity contribution in [3.63, 3.8) is 0 Å². The summed E-state index contributed by atoms with van der Waals surface area (Å²) in [6.45, 7) is 1.41. The van der Waals surface area contributed by atoms with Crippen LogP contribution in [0, 0.1) is 0 Å². The van der Waals surface area contributed by atoms with E-state index in [9.17, 15) is 98.7 Å². The van der Waals surface area contributed by atoms with Crippen LogP contribution in [0.25, 0.3) is 0 Å². The first kappa shape index (κ1) is 95.3. The number of Topliss-reactive ketones (excluding diaryl/α,β-unsaturated/α-hetero) is 4. The number of carbonyl (C=O) groups excluding carboxylic acids is 11. The van der Waals surface area contributed by atoms with E-state index in [1.54, 1.807) is 0 Å². The highest BCUT2D eigenvalue weighted by molar-refractivity contribution is 5.81. The highest BCUT2D eigenvalue weighted by atomic mass is 16.7. The van der Waals surface area contributed by atoms with Crippen LogP contribution in [-0.4, -0.2) is 314 Å². The molecule has 37 heteroatoms. The molecule has 3 rings (SSSR count). The fourth-order valence-corrected chi connectivity index (χ4v) is 11.8. The minimum Gasteiger partial charge on any atom is -0.453 e. The predicted octanol–water partition coefficient (Wildman–Crippen LogP) is -3.00. The van der Waals surface area contributed by atoms with Gasteiger partial charge in [-0.3, -0.25) is 47.9 Å². The van der Waals surface area contributed by atoms with E-state index < -0.39 is 147 Å². The summed E-state index contributed by atoms with van der Waals surface area (Å²) in [5.74, 6) is -2.89. The van der Waals surface area contributed by atoms with Crippen molar-refractivity contribution < 1.29 is 146 Å². The minimum atomic E-state index is -1.47. The van der Waals surface area contributed by atoms with E-state index >= 15 is 0 Å². The molecule has 0 aliphatic carbocycles. The minimum absolute atomic E-state index is 0.00700. The zero-order valence-electron chi connectivity index (χ0n) is 62.3. The Labute approximate surface area is 624 Å². The molecule has 3 aliphatic rings. The van der Waals surface area contributed by atoms with E-state index in [2.05, 4.69) is 42.0 Å². The number of methoxy groups -OCH3 is 1. The number of ketones is 4. The number of hydrogen-bond donors (Lipinski definition) is 16. The molecule has 15 atom stereocenters. The van der Waals surface area contributed by atoms with E-state index in [0.29, 0.717) is 96.3 Å². The monoisotopic (exact) mass is 1540 g/mol. The average Bonchev–Trinajstić information content (AvgIpc) is 0.822. The maximum absolute atomic E-state index is 13.6. The number of rotatable bonds is 59. The van der Waals surface area contributed by atoms with Gasteiger partial charge < -0.3 is 131 Å². The molecule has 0 aromatic carbocycles. The summed E-state index contributed by atoms with van der Waals surface area (Å²) in [5.41, 5.74) is -1.47. The third kappa shape index (κ3) is 39.0. The Hall–Kier alpha value is -5.95. The second kappa shape index (κ2) is 54.6. The van der Waals surface area contributed by atoms with Crippen LogP contribution < -0.4 is 37.2 Å². The summed E-state index contributed by atoms with van der Waals surface area (Å²) >= 11 is 0. The highest BCUT2D eigenvalue weighted by Gasteiger charge is 2.48. The van der Waals surface area contributed by atoms with Gasteiger partial charge in [-0.1, -0.05) is 12.8 Å². The number of ether oxygens (including phenoxy) is 10. The molecule has 0 aromatic rings. The van der Waals surface area contributed by atoms with Gasteiger partial charge >= 0.3 is 6.09 Å². The van der Waals surface area contributed by atoms with Crippen molar-refractivity contribution >= 4 is 64.7 Å². The number of nitrogens with one attached hydrogen (secondary N) is 7. The van der Waals surface area contributed by atoms with Crippen molar-refractivity contribution in [2.24, 2.45) is 0 Å². The van der Waals surface area contributed by atoms with Gasteiger partial charge in [-0.15, -0.1) is 0 Å². The van der Waals surface area contributed by atoms with Gasteiger partial charge in [0.15, 0.2) is 18.9 Å². The van der Waals surface area contributed by atoms with Gasteiger partial charge in [0.05, 0.1) is 66.6 Å². The van der Waals surface area contributed by atoms with Crippen LogP contribution in [0.4, 0.5) is 4.79 Å². The fourth-order valence-electron chi connectivity index (χ4n) is 11.8. The summed E-state index contributed by atoms with van der Waals surface area (Å²) in [4.78, 5) is 138. The lowest BCUT2D eigenvalue weighted by molar-refractivity contribution is -0.270. The topological polar surface area (TPSA) is 546 Å². The number of amides is 7. The Bertz CT molecular complexity index is 2410. The number of aliphatic hydroxyl groups excluding tert-OH is 9. The van der Waals surface area contributed by atoms with E-state index in [1.807, 2.05) is 0 Å². The maximum Gasteiger partial charge on any atom is 0.406 e. The molecule has 0 bridgehead atoms. The summed E-state index contributed by atoms with van der Waals surface area (Å²) in [6, 6.07) is -3.25. The summed E-state index contributed by atoms with van der Waals surface area (Å²) in [7, 11) is 1.16. The van der Waals surface area contributed by atoms with Crippen molar-refractivity contribution in [1.82, 2.24) is 37.2 Å². The Morgan fingerprint density at radius 2 is 0.664 bits per heavy atom. The normalized spacial score (nSPS) is 24.8. The molecule has 0 spiro atoms. The molecule has 3 aliphatic heterocycles. The van der Waals surface area contributed by atoms with Gasteiger partial charge in [0, 0.05) is 131 Å². The third-order valence-electron chi connectivity index (χ3n) is 17.8. The molecule has 7 amide bonds. The van der Waals surface area contributed by atoms with Gasteiger partial charge in [-0.05, 0) is 70.6 Å². The van der Waals surface area contributed by atoms with Crippen LogP contribution in [0.5, 0.6) is 0 Å². The molecule has 0 saturated carbocycles. The standard InChI is InChI=1S/C70H121N7O30/c1-44(81)74-57-63(94)60(91)51(38-78)105-66(57)102-32-14-11-22-47(84)18-7-5-9-20-49(86)26-35-99-41-70(77-56(90)25-31-73-69(97)98-4,42-100-36-27-50(87)21-10-6-8-19-48(85)23-12-15-33-103-67-58(75-45(2)82)64(95)61(92)52(39-79)106-67)43-101-37-28-55(89)72-30-17-29-71-54(88)24-13-16-34-104-68-59(76-46(3)83)65(96)62(93)53(40-80)107-68/h51-53,57-68,78-80,91-96H,5-43H2,1-4H3,(H,71,88)(H,72,89)(H,73,97)(H,74,81)(H,75,82)(H,76,83)(H,77,90)/t51?,52?,53?,57?,58?,59?,60-,61-,62-,63+,64+,65+,66+,67+,68+,70?/m0/s1. The summed E-state index contributed by atoms with van der Waals surface area (Å²) in [6.07, 6.45) is -8.69. The van der Waals surface area contributed by atoms with Crippen molar-refractivity contribution in [1.29, 1.82) is 0 Å². The van der Waals surface area contributed by atoms with Gasteiger partial charge in [0.2, 0.25) is 35.4 Å². The summed E-state index contributed by atoms with van der Waals surface area (Å²) in [5, 5.41) is 109. The Morgan fingerprint density at radius 1 is 0.346 bits per heavy atom. The van der Waals surface area contributed by atoms with E-state index in [1.165, 1.54) is 20.8 Å². The van der Waals surface area contributed by atoms with Crippen LogP contribution >= 0.6 is 0 Å². The van der Waals surface area contributed by atoms with E-state index in [4.69, 9.17) is 42.6 Å². The van der Waals surface area contributed by atoms with Crippen LogP contribution in [-0.2, 0) is 95.3 Å². The first-order valence-electron chi connectivity index (χ1n) is 37.2. The summed E-state index contributed by atoms with van der Waals surface area (Å²) < 4.78 is 56.5. The lowest BCUT2D eigenvalue weighted by Gasteiger charge is -2.42. The number of aliphatic hydroxyl groups is 9. The zero-order chi connectivity index (χ0) is 79.1. The highest BCUT2D eigenvalue weighted by Crippen LogP contribution is 2.26. The molecule has 3 fully saturated rings. The number of hydrogen-bond acceptors (Lipinski definition) is 30. The Morgan fingerprint density at radius 3 is 1.00 bits per heavy atom. The number of alkyl carbamates (subject to hydrolysis) is 1. The lowest BCUT2D eigenvalue weighted by atomic mass is 9.97. The van der Waals surface area contributed by atoms with Crippen molar-refractivity contribution in [3.8, 4) is 0 Å². The number of unbranched alkanes of at least 4 members (excludes halogenated alkanes) is 7. The molecule has 3 saturated heterocycles. The van der Waals surface area contributed by atoms with Crippen LogP contribution in [0.15, 0.2) is 0 Å². The third-order valence-corrected chi connectivity index (χ3v) is 17.8. The average molecular weight is 1540 g/mol. The Balaban J connectivity index is 1.50. The number of carbonyl (C=O) groups is 11. The quantitative estimate of drug-likeness (QED) is 0.0270. The first-order chi connectivity index (χ1) is 51.2. The zero-order valence-corrected chi connectivity index (χ0v) is 62.3. The van der Waals surface area contributed by atoms with Crippen molar-refractivity contribution in [2.75, 3.05) is 106 Å². The lowest BCUT2D eigenvalue weighted by Crippen LogP contribution is -2.64. The molecule has 0 radical (unpaired) electrons. The molecule has 616 valence electrons. The fraction of sp³-hybridized carbons (Fsp3) is 0.843. The molecule has 107 heavy (non-hydrogen) atoms. The molecular weight excluding hydrogens is 1420 g/mol. The van der Waals surface area contributed by atoms with Crippen molar-refractivity contribution in [2.45, 2.75) is 272 Å². The SMILES string of the molecule is COC(=O)NCCC(=O)NC(COCCC(=O)CCCCCC(=O)CCCCO[C@@H]1OC(CO)[C@H](O)[C@H](O)C1NC(C)=O)(COCCC(=O)CCCCCC(=O)CCCCO[C@@H]1OC(CO)[C@H](O)[C@H](O)C1NC(C)=O)COCCC(=O)NCCCNC(=O)CCCCO[C@@H]1OC(CO)[C@H](O)[C@H](O)C1NC(C)=O. The molecule has 37 nitrogen and oxygen atoms in total. The smallest absolute Gasteiger partial charge is 0.406 e. The molecule has 3 heterocycles. The molecule has 6 unspecified atom stereocenters. The molecular formula is C70H121N7O30. The molecule has 0 aromatic heterocycles. The first-order valence-corrected chi connectivity index (χ1v) is 37.2. The van der Waals surface area contributed by atoms with Gasteiger partial charge in [-0.2, -0.15) is 0 Å². The largest absolute Gasteiger partial charge is 0.453 e. The molecule has 16 N–H and O–H groups in total. The van der Waals surface area contributed by atoms with Crippen LogP contribution in [0.3, 0.4) is 0 Å². The van der Waals surface area contributed by atoms with Crippen LogP contribution in [0.2, 0.25) is 0 Å².